The largest absolute Gasteiger partial charge is 0.457 e. The van der Waals surface area contributed by atoms with Crippen molar-refractivity contribution >= 4 is 23.4 Å². The molecule has 1 amide bonds. The lowest BCUT2D eigenvalue weighted by Gasteiger charge is -2.08. The van der Waals surface area contributed by atoms with Gasteiger partial charge in [-0.2, -0.15) is 0 Å². The zero-order chi connectivity index (χ0) is 19.8. The summed E-state index contributed by atoms with van der Waals surface area (Å²) < 4.78 is 7.20. The van der Waals surface area contributed by atoms with Gasteiger partial charge in [-0.15, -0.1) is 10.2 Å². The molecular weight excluding hydrogens is 374 g/mol. The summed E-state index contributed by atoms with van der Waals surface area (Å²) in [5.41, 5.74) is 0.698. The lowest BCUT2D eigenvalue weighted by Crippen LogP contribution is -2.17. The number of aryl methyl sites for hydroxylation is 1. The van der Waals surface area contributed by atoms with E-state index >= 15 is 0 Å². The summed E-state index contributed by atoms with van der Waals surface area (Å²) in [6.07, 6.45) is 2.85. The number of nitrogens with two attached hydrogens (primary N) is 1. The molecule has 8 heteroatoms. The second kappa shape index (κ2) is 9.80. The highest BCUT2D eigenvalue weighted by Gasteiger charge is 2.12. The number of para-hydroxylation sites is 1. The molecule has 146 valence electrons. The van der Waals surface area contributed by atoms with E-state index in [2.05, 4.69) is 22.4 Å². The lowest BCUT2D eigenvalue weighted by atomic mass is 10.2. The molecule has 0 saturated heterocycles. The Bertz CT molecular complexity index is 897. The van der Waals surface area contributed by atoms with Gasteiger partial charge in [0.2, 0.25) is 11.1 Å². The van der Waals surface area contributed by atoms with E-state index in [9.17, 15) is 4.79 Å². The van der Waals surface area contributed by atoms with Crippen LogP contribution in [0.4, 0.5) is 5.69 Å². The fourth-order valence-electron chi connectivity index (χ4n) is 2.47. The number of unbranched alkanes of at least 4 members (excludes halogenated alkanes) is 1. The third-order valence-corrected chi connectivity index (χ3v) is 4.88. The third-order valence-electron chi connectivity index (χ3n) is 3.94. The summed E-state index contributed by atoms with van der Waals surface area (Å²) in [7, 11) is 0. The number of carbonyl (C=O) groups excluding carboxylic acids is 1. The molecular formula is C20H23N5O2S. The van der Waals surface area contributed by atoms with E-state index in [4.69, 9.17) is 10.6 Å². The standard InChI is InChI=1S/C20H23N5O2S/c1-2-3-9-18-23-24-20(25(18)21)28-14-19(26)22-15-10-12-17(13-11-15)27-16-7-5-4-6-8-16/h4-8,10-13H,2-3,9,14,21H2,1H3,(H,22,26). The summed E-state index contributed by atoms with van der Waals surface area (Å²) in [6.45, 7) is 2.11. The van der Waals surface area contributed by atoms with Crippen molar-refractivity contribution in [1.82, 2.24) is 14.9 Å². The molecule has 28 heavy (non-hydrogen) atoms. The van der Waals surface area contributed by atoms with Crippen LogP contribution in [0.3, 0.4) is 0 Å². The molecule has 7 nitrogen and oxygen atoms in total. The highest BCUT2D eigenvalue weighted by Crippen LogP contribution is 2.23. The topological polar surface area (TPSA) is 95.1 Å². The Hall–Kier alpha value is -3.00. The number of benzene rings is 2. The van der Waals surface area contributed by atoms with Gasteiger partial charge in [0.25, 0.3) is 0 Å². The van der Waals surface area contributed by atoms with Gasteiger partial charge in [0, 0.05) is 12.1 Å². The van der Waals surface area contributed by atoms with Crippen LogP contribution in [0.2, 0.25) is 0 Å². The number of nitrogens with one attached hydrogen (secondary N) is 1. The Kier molecular flexibility index (Phi) is 6.91. The Balaban J connectivity index is 1.49. The van der Waals surface area contributed by atoms with Crippen LogP contribution in [0.15, 0.2) is 59.8 Å². The van der Waals surface area contributed by atoms with Crippen LogP contribution in [0.25, 0.3) is 0 Å². The number of nitrogen functional groups attached to an aromatic ring is 1. The Labute approximate surface area is 168 Å². The average Bonchev–Trinajstić information content (AvgIpc) is 3.06. The predicted molar refractivity (Wildman–Crippen MR) is 111 cm³/mol. The molecule has 2 aromatic carbocycles. The van der Waals surface area contributed by atoms with Gasteiger partial charge in [0.1, 0.15) is 11.5 Å². The van der Waals surface area contributed by atoms with E-state index in [1.165, 1.54) is 16.4 Å². The molecule has 0 saturated carbocycles. The second-order valence-electron chi connectivity index (χ2n) is 6.15. The van der Waals surface area contributed by atoms with E-state index in [0.717, 1.165) is 30.8 Å². The van der Waals surface area contributed by atoms with Gasteiger partial charge in [-0.3, -0.25) is 4.79 Å². The van der Waals surface area contributed by atoms with Crippen LogP contribution in [0.5, 0.6) is 11.5 Å². The summed E-state index contributed by atoms with van der Waals surface area (Å²) >= 11 is 1.26. The molecule has 0 aliphatic heterocycles. The maximum absolute atomic E-state index is 12.2. The van der Waals surface area contributed by atoms with Crippen molar-refractivity contribution in [2.24, 2.45) is 0 Å². The number of aromatic nitrogens is 3. The van der Waals surface area contributed by atoms with Crippen LogP contribution >= 0.6 is 11.8 Å². The smallest absolute Gasteiger partial charge is 0.234 e. The number of nitrogens with zero attached hydrogens (tertiary/aromatic N) is 3. The van der Waals surface area contributed by atoms with Crippen LogP contribution in [-0.4, -0.2) is 26.5 Å². The number of hydrogen-bond donors (Lipinski definition) is 2. The van der Waals surface area contributed by atoms with Gasteiger partial charge in [0.15, 0.2) is 5.82 Å². The monoisotopic (exact) mass is 397 g/mol. The molecule has 3 N–H and O–H groups in total. The number of amides is 1. The molecule has 0 aliphatic carbocycles. The minimum Gasteiger partial charge on any atom is -0.457 e. The first-order chi connectivity index (χ1) is 13.7. The SMILES string of the molecule is CCCCc1nnc(SCC(=O)Nc2ccc(Oc3ccccc3)cc2)n1N. The average molecular weight is 398 g/mol. The maximum atomic E-state index is 12.2. The van der Waals surface area contributed by atoms with Gasteiger partial charge < -0.3 is 15.9 Å². The van der Waals surface area contributed by atoms with Crippen molar-refractivity contribution in [1.29, 1.82) is 0 Å². The molecule has 0 atom stereocenters. The van der Waals surface area contributed by atoms with E-state index in [-0.39, 0.29) is 11.7 Å². The van der Waals surface area contributed by atoms with Crippen LogP contribution in [0, 0.1) is 0 Å². The predicted octanol–water partition coefficient (Wildman–Crippen LogP) is 3.86. The number of rotatable bonds is 9. The molecule has 0 radical (unpaired) electrons. The van der Waals surface area contributed by atoms with Crippen molar-refractivity contribution in [2.45, 2.75) is 31.3 Å². The van der Waals surface area contributed by atoms with Crippen molar-refractivity contribution in [3.05, 3.63) is 60.4 Å². The van der Waals surface area contributed by atoms with Gasteiger partial charge in [-0.25, -0.2) is 4.68 Å². The van der Waals surface area contributed by atoms with E-state index in [0.29, 0.717) is 16.6 Å². The normalized spacial score (nSPS) is 10.6. The van der Waals surface area contributed by atoms with Crippen LogP contribution in [-0.2, 0) is 11.2 Å². The van der Waals surface area contributed by atoms with Gasteiger partial charge >= 0.3 is 0 Å². The number of ether oxygens (including phenoxy) is 1. The molecule has 1 aromatic heterocycles. The van der Waals surface area contributed by atoms with E-state index < -0.39 is 0 Å². The molecule has 0 aliphatic rings. The van der Waals surface area contributed by atoms with Crippen LogP contribution in [0.1, 0.15) is 25.6 Å². The summed E-state index contributed by atoms with van der Waals surface area (Å²) in [6, 6.07) is 16.8. The minimum atomic E-state index is -0.139. The first kappa shape index (κ1) is 19.8. The summed E-state index contributed by atoms with van der Waals surface area (Å²) in [5.74, 6) is 8.25. The van der Waals surface area contributed by atoms with Crippen molar-refractivity contribution < 1.29 is 9.53 Å². The fraction of sp³-hybridized carbons (Fsp3) is 0.250. The Morgan fingerprint density at radius 2 is 1.82 bits per heavy atom. The van der Waals surface area contributed by atoms with Crippen molar-refractivity contribution in [3.63, 3.8) is 0 Å². The van der Waals surface area contributed by atoms with E-state index in [1.807, 2.05) is 42.5 Å². The lowest BCUT2D eigenvalue weighted by molar-refractivity contribution is -0.113. The zero-order valence-corrected chi connectivity index (χ0v) is 16.5. The number of carbonyl (C=O) groups is 1. The number of hydrogen-bond acceptors (Lipinski definition) is 6. The molecule has 0 bridgehead atoms. The molecule has 3 rings (SSSR count). The first-order valence-corrected chi connectivity index (χ1v) is 10.1. The molecule has 1 heterocycles. The maximum Gasteiger partial charge on any atom is 0.234 e. The third kappa shape index (κ3) is 5.50. The Morgan fingerprint density at radius 1 is 1.11 bits per heavy atom. The van der Waals surface area contributed by atoms with Crippen molar-refractivity contribution in [3.8, 4) is 11.5 Å². The summed E-state index contributed by atoms with van der Waals surface area (Å²) in [4.78, 5) is 12.2. The zero-order valence-electron chi connectivity index (χ0n) is 15.7. The Morgan fingerprint density at radius 3 is 2.54 bits per heavy atom. The highest BCUT2D eigenvalue weighted by molar-refractivity contribution is 7.99. The van der Waals surface area contributed by atoms with E-state index in [1.54, 1.807) is 12.1 Å². The van der Waals surface area contributed by atoms with Crippen LogP contribution < -0.4 is 15.9 Å². The molecule has 0 fully saturated rings. The van der Waals surface area contributed by atoms with Crippen molar-refractivity contribution in [2.75, 3.05) is 16.9 Å². The molecule has 3 aromatic rings. The summed E-state index contributed by atoms with van der Waals surface area (Å²) in [5, 5.41) is 11.5. The highest BCUT2D eigenvalue weighted by atomic mass is 32.2. The van der Waals surface area contributed by atoms with Gasteiger partial charge in [-0.1, -0.05) is 43.3 Å². The second-order valence-corrected chi connectivity index (χ2v) is 7.09. The number of thioether (sulfide) groups is 1. The minimum absolute atomic E-state index is 0.139. The number of anilines is 1. The van der Waals surface area contributed by atoms with Gasteiger partial charge in [-0.05, 0) is 42.8 Å². The molecule has 0 unspecified atom stereocenters. The fourth-order valence-corrected chi connectivity index (χ4v) is 3.14. The van der Waals surface area contributed by atoms with Gasteiger partial charge in [0.05, 0.1) is 5.75 Å². The molecule has 0 spiro atoms. The quantitative estimate of drug-likeness (QED) is 0.421. The first-order valence-electron chi connectivity index (χ1n) is 9.10.